The van der Waals surface area contributed by atoms with Gasteiger partial charge in [-0.3, -0.25) is 0 Å². The summed E-state index contributed by atoms with van der Waals surface area (Å²) in [4.78, 5) is 15.0. The molecule has 230 valence electrons. The molecule has 9 rings (SSSR count). The average molecular weight is 622 g/mol. The van der Waals surface area contributed by atoms with Gasteiger partial charge in [0.25, 0.3) is 0 Å². The zero-order chi connectivity index (χ0) is 32.4. The third-order valence-electron chi connectivity index (χ3n) is 9.43. The fraction of sp³-hybridized carbons (Fsp3) is 0.0930. The SMILES string of the molecule is Cc1cccc(-c2nc(-c3cccc(-c4ccccc4)c3)nc(-c3ccc4c(c3)Oc3cc5c(cc3O4)C(C)(C)c3ccccc3-5)n2)c1. The van der Waals surface area contributed by atoms with E-state index in [-0.39, 0.29) is 5.41 Å². The van der Waals surface area contributed by atoms with Crippen molar-refractivity contribution >= 4 is 0 Å². The van der Waals surface area contributed by atoms with E-state index >= 15 is 0 Å². The van der Waals surface area contributed by atoms with E-state index in [2.05, 4.69) is 93.6 Å². The van der Waals surface area contributed by atoms with Gasteiger partial charge in [0.15, 0.2) is 40.5 Å². The average Bonchev–Trinajstić information content (AvgIpc) is 3.35. The minimum atomic E-state index is -0.125. The molecule has 0 spiro atoms. The molecule has 0 atom stereocenters. The van der Waals surface area contributed by atoms with Crippen LogP contribution in [0.1, 0.15) is 30.5 Å². The summed E-state index contributed by atoms with van der Waals surface area (Å²) in [5.41, 5.74) is 10.9. The highest BCUT2D eigenvalue weighted by Gasteiger charge is 2.37. The molecule has 1 aliphatic carbocycles. The molecule has 48 heavy (non-hydrogen) atoms. The van der Waals surface area contributed by atoms with Crippen molar-refractivity contribution in [1.82, 2.24) is 15.0 Å². The molecule has 2 heterocycles. The Morgan fingerprint density at radius 1 is 0.417 bits per heavy atom. The first-order chi connectivity index (χ1) is 23.4. The molecular weight excluding hydrogens is 590 g/mol. The van der Waals surface area contributed by atoms with Crippen molar-refractivity contribution in [3.8, 4) is 79.4 Å². The topological polar surface area (TPSA) is 57.1 Å². The maximum atomic E-state index is 6.56. The van der Waals surface area contributed by atoms with Crippen molar-refractivity contribution in [2.45, 2.75) is 26.2 Å². The Bertz CT molecular complexity index is 2400. The van der Waals surface area contributed by atoms with Gasteiger partial charge in [0.05, 0.1) is 0 Å². The summed E-state index contributed by atoms with van der Waals surface area (Å²) < 4.78 is 13.0. The lowest BCUT2D eigenvalue weighted by Crippen LogP contribution is -2.15. The summed E-state index contributed by atoms with van der Waals surface area (Å²) in [5, 5.41) is 0. The van der Waals surface area contributed by atoms with E-state index in [1.54, 1.807) is 0 Å². The van der Waals surface area contributed by atoms with Crippen LogP contribution in [0.5, 0.6) is 23.0 Å². The van der Waals surface area contributed by atoms with E-state index in [9.17, 15) is 0 Å². The quantitative estimate of drug-likeness (QED) is 0.196. The Hall–Kier alpha value is -6.07. The van der Waals surface area contributed by atoms with Crippen LogP contribution in [0.15, 0.2) is 133 Å². The largest absolute Gasteiger partial charge is 0.450 e. The molecule has 0 radical (unpaired) electrons. The zero-order valence-electron chi connectivity index (χ0n) is 26.9. The molecule has 0 saturated heterocycles. The number of benzene rings is 6. The Morgan fingerprint density at radius 3 is 1.77 bits per heavy atom. The van der Waals surface area contributed by atoms with Crippen LogP contribution in [0.2, 0.25) is 0 Å². The van der Waals surface area contributed by atoms with Crippen molar-refractivity contribution in [1.29, 1.82) is 0 Å². The summed E-state index contributed by atoms with van der Waals surface area (Å²) >= 11 is 0. The Balaban J connectivity index is 1.13. The Kier molecular flexibility index (Phi) is 6.31. The second-order valence-corrected chi connectivity index (χ2v) is 13.0. The van der Waals surface area contributed by atoms with Crippen LogP contribution >= 0.6 is 0 Å². The molecule has 0 bridgehead atoms. The van der Waals surface area contributed by atoms with Crippen LogP contribution in [0.4, 0.5) is 0 Å². The monoisotopic (exact) mass is 621 g/mol. The minimum absolute atomic E-state index is 0.125. The van der Waals surface area contributed by atoms with E-state index in [0.29, 0.717) is 34.7 Å². The Morgan fingerprint density at radius 2 is 1.00 bits per heavy atom. The smallest absolute Gasteiger partial charge is 0.170 e. The second-order valence-electron chi connectivity index (χ2n) is 13.0. The number of ether oxygens (including phenoxy) is 2. The fourth-order valence-electron chi connectivity index (χ4n) is 6.93. The molecule has 0 amide bonds. The molecule has 0 saturated carbocycles. The van der Waals surface area contributed by atoms with Crippen molar-refractivity contribution in [3.05, 3.63) is 150 Å². The van der Waals surface area contributed by atoms with E-state index in [1.165, 1.54) is 22.3 Å². The van der Waals surface area contributed by atoms with Crippen molar-refractivity contribution < 1.29 is 9.47 Å². The first-order valence-corrected chi connectivity index (χ1v) is 16.2. The van der Waals surface area contributed by atoms with Gasteiger partial charge in [-0.2, -0.15) is 0 Å². The van der Waals surface area contributed by atoms with Crippen LogP contribution in [0.25, 0.3) is 56.4 Å². The molecule has 6 aromatic carbocycles. The van der Waals surface area contributed by atoms with Crippen LogP contribution < -0.4 is 9.47 Å². The molecule has 0 unspecified atom stereocenters. The number of aromatic nitrogens is 3. The third kappa shape index (κ3) is 4.66. The second kappa shape index (κ2) is 10.7. The van der Waals surface area contributed by atoms with Gasteiger partial charge in [0.1, 0.15) is 0 Å². The molecule has 0 fully saturated rings. The molecule has 1 aromatic heterocycles. The standard InChI is InChI=1S/C43H31N3O2/c1-26-11-9-15-29(21-26)40-44-41(30-16-10-14-28(22-30)27-12-5-4-6-13-27)46-42(45-40)31-19-20-36-37(23-31)48-38-24-33-32-17-7-8-18-34(32)43(2,3)35(33)25-39(38)47-36/h4-25H,1-3H3. The minimum Gasteiger partial charge on any atom is -0.450 e. The van der Waals surface area contributed by atoms with E-state index in [1.807, 2.05) is 60.7 Å². The van der Waals surface area contributed by atoms with Gasteiger partial charge in [-0.25, -0.2) is 15.0 Å². The fourth-order valence-corrected chi connectivity index (χ4v) is 6.93. The first kappa shape index (κ1) is 28.2. The van der Waals surface area contributed by atoms with Crippen LogP contribution in [0, 0.1) is 6.92 Å². The van der Waals surface area contributed by atoms with Gasteiger partial charge in [0, 0.05) is 22.1 Å². The molecule has 0 N–H and O–H groups in total. The van der Waals surface area contributed by atoms with Gasteiger partial charge < -0.3 is 9.47 Å². The van der Waals surface area contributed by atoms with Crippen molar-refractivity contribution in [3.63, 3.8) is 0 Å². The van der Waals surface area contributed by atoms with Gasteiger partial charge in [-0.15, -0.1) is 0 Å². The highest BCUT2D eigenvalue weighted by Crippen LogP contribution is 2.55. The maximum Gasteiger partial charge on any atom is 0.170 e. The van der Waals surface area contributed by atoms with Gasteiger partial charge in [-0.05, 0) is 82.8 Å². The molecule has 5 nitrogen and oxygen atoms in total. The lowest BCUT2D eigenvalue weighted by molar-refractivity contribution is 0.359. The maximum absolute atomic E-state index is 6.56. The lowest BCUT2D eigenvalue weighted by atomic mass is 9.82. The number of fused-ring (bicyclic) bond motifs is 5. The molecule has 2 aliphatic rings. The molecular formula is C43H31N3O2. The number of aryl methyl sites for hydroxylation is 1. The molecule has 5 heteroatoms. The number of hydrogen-bond donors (Lipinski definition) is 0. The van der Waals surface area contributed by atoms with E-state index in [4.69, 9.17) is 24.4 Å². The van der Waals surface area contributed by atoms with Crippen LogP contribution in [-0.4, -0.2) is 15.0 Å². The normalized spacial score (nSPS) is 13.4. The van der Waals surface area contributed by atoms with Gasteiger partial charge in [0.2, 0.25) is 0 Å². The Labute approximate surface area is 279 Å². The number of hydrogen-bond acceptors (Lipinski definition) is 5. The van der Waals surface area contributed by atoms with Crippen molar-refractivity contribution in [2.24, 2.45) is 0 Å². The highest BCUT2D eigenvalue weighted by molar-refractivity contribution is 5.83. The molecule has 1 aliphatic heterocycles. The number of nitrogens with zero attached hydrogens (tertiary/aromatic N) is 3. The molecule has 7 aromatic rings. The summed E-state index contributed by atoms with van der Waals surface area (Å²) in [6.45, 7) is 6.60. The van der Waals surface area contributed by atoms with Crippen LogP contribution in [0.3, 0.4) is 0 Å². The van der Waals surface area contributed by atoms with Crippen molar-refractivity contribution in [2.75, 3.05) is 0 Å². The van der Waals surface area contributed by atoms with Gasteiger partial charge >= 0.3 is 0 Å². The van der Waals surface area contributed by atoms with E-state index in [0.717, 1.165) is 39.1 Å². The summed E-state index contributed by atoms with van der Waals surface area (Å²) in [7, 11) is 0. The zero-order valence-corrected chi connectivity index (χ0v) is 26.9. The highest BCUT2D eigenvalue weighted by atomic mass is 16.6. The summed E-state index contributed by atoms with van der Waals surface area (Å²) in [6, 6.07) is 45.6. The predicted molar refractivity (Wildman–Crippen MR) is 190 cm³/mol. The van der Waals surface area contributed by atoms with Crippen LogP contribution in [-0.2, 0) is 5.41 Å². The first-order valence-electron chi connectivity index (χ1n) is 16.2. The van der Waals surface area contributed by atoms with E-state index < -0.39 is 0 Å². The lowest BCUT2D eigenvalue weighted by Gasteiger charge is -2.25. The van der Waals surface area contributed by atoms with Gasteiger partial charge in [-0.1, -0.05) is 110 Å². The third-order valence-corrected chi connectivity index (χ3v) is 9.43. The number of rotatable bonds is 4. The summed E-state index contributed by atoms with van der Waals surface area (Å²) in [5.74, 6) is 4.47. The summed E-state index contributed by atoms with van der Waals surface area (Å²) in [6.07, 6.45) is 0. The predicted octanol–water partition coefficient (Wildman–Crippen LogP) is 11.1.